The van der Waals surface area contributed by atoms with Crippen LogP contribution in [0.3, 0.4) is 0 Å². The number of pyridine rings is 1. The van der Waals surface area contributed by atoms with Crippen molar-refractivity contribution in [2.45, 2.75) is 31.2 Å². The molecule has 7 heteroatoms. The Morgan fingerprint density at radius 2 is 2.06 bits per heavy atom. The zero-order chi connectivity index (χ0) is 13.9. The normalized spacial score (nSPS) is 11.7. The average molecular weight is 279 g/mol. The first-order chi connectivity index (χ1) is 8.25. The maximum absolute atomic E-state index is 12.7. The van der Waals surface area contributed by atoms with Crippen molar-refractivity contribution in [2.24, 2.45) is 0 Å². The topological polar surface area (TPSA) is 39.2 Å². The molecule has 1 aromatic rings. The van der Waals surface area contributed by atoms with E-state index in [2.05, 4.69) is 4.98 Å². The molecule has 1 heterocycles. The van der Waals surface area contributed by atoms with Crippen molar-refractivity contribution in [1.82, 2.24) is 4.98 Å². The Hall–Kier alpha value is -1.24. The van der Waals surface area contributed by atoms with Crippen molar-refractivity contribution in [3.05, 3.63) is 23.4 Å². The number of hydrogen-bond acceptors (Lipinski definition) is 4. The number of halogens is 3. The summed E-state index contributed by atoms with van der Waals surface area (Å²) in [4.78, 5) is 15.1. The second-order valence-corrected chi connectivity index (χ2v) is 4.53. The third kappa shape index (κ3) is 3.63. The van der Waals surface area contributed by atoms with Gasteiger partial charge in [-0.1, -0.05) is 0 Å². The van der Waals surface area contributed by atoms with Gasteiger partial charge in [-0.25, -0.2) is 9.78 Å². The lowest BCUT2D eigenvalue weighted by Gasteiger charge is -2.12. The largest absolute Gasteiger partial charge is 0.459 e. The van der Waals surface area contributed by atoms with E-state index in [0.29, 0.717) is 0 Å². The maximum atomic E-state index is 12.7. The van der Waals surface area contributed by atoms with Crippen LogP contribution in [0.2, 0.25) is 0 Å². The quantitative estimate of drug-likeness (QED) is 0.628. The molecule has 18 heavy (non-hydrogen) atoms. The molecule has 0 aliphatic rings. The molecule has 0 saturated carbocycles. The van der Waals surface area contributed by atoms with Gasteiger partial charge in [0.2, 0.25) is 0 Å². The lowest BCUT2D eigenvalue weighted by atomic mass is 10.2. The Bertz CT molecular complexity index is 446. The third-order valence-electron chi connectivity index (χ3n) is 1.93. The molecule has 100 valence electrons. The Morgan fingerprint density at radius 1 is 1.44 bits per heavy atom. The second kappa shape index (κ2) is 5.60. The van der Waals surface area contributed by atoms with E-state index in [4.69, 9.17) is 4.74 Å². The number of ether oxygens (including phenoxy) is 1. The predicted molar refractivity (Wildman–Crippen MR) is 61.6 cm³/mol. The molecular formula is C11H12F3NO2S. The van der Waals surface area contributed by atoms with Crippen molar-refractivity contribution >= 4 is 17.7 Å². The lowest BCUT2D eigenvalue weighted by molar-refractivity contribution is -0.140. The maximum Gasteiger partial charge on any atom is 0.419 e. The smallest absolute Gasteiger partial charge is 0.419 e. The molecule has 0 amide bonds. The molecule has 0 unspecified atom stereocenters. The van der Waals surface area contributed by atoms with E-state index in [-0.39, 0.29) is 10.6 Å². The van der Waals surface area contributed by atoms with Crippen LogP contribution >= 0.6 is 11.8 Å². The van der Waals surface area contributed by atoms with Crippen molar-refractivity contribution < 1.29 is 22.7 Å². The van der Waals surface area contributed by atoms with Crippen LogP contribution in [0.15, 0.2) is 17.3 Å². The molecule has 0 radical (unpaired) electrons. The van der Waals surface area contributed by atoms with Gasteiger partial charge in [-0.3, -0.25) is 0 Å². The summed E-state index contributed by atoms with van der Waals surface area (Å²) in [5.41, 5.74) is -1.12. The van der Waals surface area contributed by atoms with Gasteiger partial charge in [-0.15, -0.1) is 11.8 Å². The zero-order valence-corrected chi connectivity index (χ0v) is 10.9. The minimum atomic E-state index is -4.54. The number of esters is 1. The molecule has 0 saturated heterocycles. The molecular weight excluding hydrogens is 267 g/mol. The zero-order valence-electron chi connectivity index (χ0n) is 10.0. The second-order valence-electron chi connectivity index (χ2n) is 3.73. The third-order valence-corrected chi connectivity index (χ3v) is 2.64. The summed E-state index contributed by atoms with van der Waals surface area (Å²) < 4.78 is 43.0. The monoisotopic (exact) mass is 279 g/mol. The van der Waals surface area contributed by atoms with Gasteiger partial charge in [0.25, 0.3) is 0 Å². The Balaban J connectivity index is 3.15. The number of rotatable bonds is 3. The first-order valence-electron chi connectivity index (χ1n) is 5.08. The predicted octanol–water partition coefficient (Wildman–Crippen LogP) is 3.39. The van der Waals surface area contributed by atoms with Crippen molar-refractivity contribution in [1.29, 1.82) is 0 Å². The molecule has 0 spiro atoms. The van der Waals surface area contributed by atoms with Gasteiger partial charge in [-0.05, 0) is 26.2 Å². The highest BCUT2D eigenvalue weighted by Crippen LogP contribution is 2.35. The number of alkyl halides is 3. The Labute approximate surface area is 107 Å². The average Bonchev–Trinajstić information content (AvgIpc) is 2.26. The standard InChI is InChI=1S/C11H12F3NO2S/c1-6(2)17-10(16)7-4-8(11(12,13)14)9(18-3)15-5-7/h4-6H,1-3H3. The van der Waals surface area contributed by atoms with Gasteiger partial charge in [-0.2, -0.15) is 13.2 Å². The minimum Gasteiger partial charge on any atom is -0.459 e. The molecule has 0 aliphatic carbocycles. The van der Waals surface area contributed by atoms with Crippen molar-refractivity contribution in [2.75, 3.05) is 6.26 Å². The summed E-state index contributed by atoms with van der Waals surface area (Å²) in [7, 11) is 0. The van der Waals surface area contributed by atoms with Crippen molar-refractivity contribution in [3.63, 3.8) is 0 Å². The van der Waals surface area contributed by atoms with E-state index in [1.165, 1.54) is 6.26 Å². The fraction of sp³-hybridized carbons (Fsp3) is 0.455. The minimum absolute atomic E-state index is 0.163. The van der Waals surface area contributed by atoms with Crippen LogP contribution < -0.4 is 0 Å². The Morgan fingerprint density at radius 3 is 2.50 bits per heavy atom. The summed E-state index contributed by atoms with van der Waals surface area (Å²) in [5.74, 6) is -0.810. The molecule has 0 fully saturated rings. The molecule has 0 atom stereocenters. The van der Waals surface area contributed by atoms with E-state index in [0.717, 1.165) is 24.0 Å². The number of carbonyl (C=O) groups excluding carboxylic acids is 1. The first-order valence-corrected chi connectivity index (χ1v) is 6.30. The molecule has 0 aromatic carbocycles. The van der Waals surface area contributed by atoms with E-state index in [9.17, 15) is 18.0 Å². The van der Waals surface area contributed by atoms with Crippen LogP contribution in [-0.2, 0) is 10.9 Å². The van der Waals surface area contributed by atoms with Crippen LogP contribution in [0.25, 0.3) is 0 Å². The molecule has 0 bridgehead atoms. The molecule has 0 N–H and O–H groups in total. The van der Waals surface area contributed by atoms with Crippen LogP contribution in [0, 0.1) is 0 Å². The van der Waals surface area contributed by atoms with E-state index >= 15 is 0 Å². The molecule has 0 aliphatic heterocycles. The summed E-state index contributed by atoms with van der Waals surface area (Å²) in [6, 6.07) is 0.767. The van der Waals surface area contributed by atoms with Crippen LogP contribution in [0.4, 0.5) is 13.2 Å². The highest BCUT2D eigenvalue weighted by atomic mass is 32.2. The lowest BCUT2D eigenvalue weighted by Crippen LogP contribution is -2.15. The van der Waals surface area contributed by atoms with E-state index in [1.54, 1.807) is 13.8 Å². The number of hydrogen-bond donors (Lipinski definition) is 0. The van der Waals surface area contributed by atoms with Crippen LogP contribution in [0.5, 0.6) is 0 Å². The van der Waals surface area contributed by atoms with E-state index in [1.807, 2.05) is 0 Å². The van der Waals surface area contributed by atoms with Crippen molar-refractivity contribution in [3.8, 4) is 0 Å². The van der Waals surface area contributed by atoms with Gasteiger partial charge in [0.15, 0.2) is 0 Å². The Kier molecular flexibility index (Phi) is 4.61. The number of aromatic nitrogens is 1. The van der Waals surface area contributed by atoms with Gasteiger partial charge in [0, 0.05) is 6.20 Å². The summed E-state index contributed by atoms with van der Waals surface area (Å²) >= 11 is 0.873. The molecule has 1 aromatic heterocycles. The summed E-state index contributed by atoms with van der Waals surface area (Å²) in [6.45, 7) is 3.23. The first kappa shape index (κ1) is 14.8. The highest BCUT2D eigenvalue weighted by Gasteiger charge is 2.35. The SMILES string of the molecule is CSc1ncc(C(=O)OC(C)C)cc1C(F)(F)F. The number of carbonyl (C=O) groups is 1. The molecule has 1 rings (SSSR count). The van der Waals surface area contributed by atoms with Crippen LogP contribution in [0.1, 0.15) is 29.8 Å². The van der Waals surface area contributed by atoms with Gasteiger partial charge >= 0.3 is 12.1 Å². The summed E-state index contributed by atoms with van der Waals surface area (Å²) in [5, 5.41) is -0.163. The van der Waals surface area contributed by atoms with E-state index < -0.39 is 23.8 Å². The number of thioether (sulfide) groups is 1. The van der Waals surface area contributed by atoms with Crippen LogP contribution in [-0.4, -0.2) is 23.3 Å². The summed E-state index contributed by atoms with van der Waals surface area (Å²) in [6.07, 6.45) is -2.36. The number of nitrogens with zero attached hydrogens (tertiary/aromatic N) is 1. The highest BCUT2D eigenvalue weighted by molar-refractivity contribution is 7.98. The fourth-order valence-corrected chi connectivity index (χ4v) is 1.76. The van der Waals surface area contributed by atoms with Gasteiger partial charge in [0.1, 0.15) is 5.03 Å². The fourth-order valence-electron chi connectivity index (χ4n) is 1.21. The molecule has 3 nitrogen and oxygen atoms in total. The van der Waals surface area contributed by atoms with Gasteiger partial charge in [0.05, 0.1) is 17.2 Å². The van der Waals surface area contributed by atoms with Gasteiger partial charge < -0.3 is 4.74 Å².